The summed E-state index contributed by atoms with van der Waals surface area (Å²) < 4.78 is 41.3. The van der Waals surface area contributed by atoms with Gasteiger partial charge < -0.3 is 10.1 Å². The number of rotatable bonds is 8. The molecular formula is C10H16F3N3O. The number of hydrogen-bond acceptors (Lipinski definition) is 3. The number of halogens is 3. The largest absolute Gasteiger partial charge is 0.411 e. The quantitative estimate of drug-likeness (QED) is 0.711. The molecule has 0 radical (unpaired) electrons. The van der Waals surface area contributed by atoms with Crippen LogP contribution in [0.25, 0.3) is 0 Å². The molecule has 0 atom stereocenters. The summed E-state index contributed by atoms with van der Waals surface area (Å²) in [7, 11) is 0. The monoisotopic (exact) mass is 251 g/mol. The van der Waals surface area contributed by atoms with E-state index in [2.05, 4.69) is 15.2 Å². The van der Waals surface area contributed by atoms with Gasteiger partial charge in [0.2, 0.25) is 0 Å². The van der Waals surface area contributed by atoms with Gasteiger partial charge in [0.15, 0.2) is 0 Å². The molecule has 17 heavy (non-hydrogen) atoms. The van der Waals surface area contributed by atoms with Gasteiger partial charge in [-0.1, -0.05) is 0 Å². The molecule has 1 N–H and O–H groups in total. The summed E-state index contributed by atoms with van der Waals surface area (Å²) in [6, 6.07) is 1.84. The van der Waals surface area contributed by atoms with Crippen LogP contribution in [0.4, 0.5) is 13.2 Å². The maximum atomic E-state index is 11.7. The van der Waals surface area contributed by atoms with Crippen molar-refractivity contribution >= 4 is 0 Å². The standard InChI is InChI=1S/C10H16F3N3O/c11-10(12,13)9-17-8-2-3-14-5-7-16-6-1-4-15-16/h1,4,6,14H,2-3,5,7-9H2. The van der Waals surface area contributed by atoms with E-state index in [1.54, 1.807) is 10.9 Å². The van der Waals surface area contributed by atoms with E-state index in [1.165, 1.54) is 0 Å². The average Bonchev–Trinajstić information content (AvgIpc) is 2.73. The predicted octanol–water partition coefficient (Wildman–Crippen LogP) is 1.44. The Bertz CT molecular complexity index is 287. The lowest BCUT2D eigenvalue weighted by atomic mass is 10.4. The van der Waals surface area contributed by atoms with Gasteiger partial charge in [-0.05, 0) is 19.0 Å². The van der Waals surface area contributed by atoms with E-state index in [9.17, 15) is 13.2 Å². The molecule has 0 aromatic carbocycles. The molecule has 4 nitrogen and oxygen atoms in total. The molecule has 1 rings (SSSR count). The van der Waals surface area contributed by atoms with Crippen LogP contribution in [0.2, 0.25) is 0 Å². The van der Waals surface area contributed by atoms with Crippen LogP contribution in [-0.2, 0) is 11.3 Å². The zero-order chi connectivity index (χ0) is 12.6. The Labute approximate surface area is 97.8 Å². The average molecular weight is 251 g/mol. The number of nitrogens with zero attached hydrogens (tertiary/aromatic N) is 2. The van der Waals surface area contributed by atoms with Crippen molar-refractivity contribution in [2.45, 2.75) is 19.1 Å². The summed E-state index contributed by atoms with van der Waals surface area (Å²) in [6.45, 7) is 1.07. The number of nitrogens with one attached hydrogen (secondary N) is 1. The highest BCUT2D eigenvalue weighted by Gasteiger charge is 2.26. The van der Waals surface area contributed by atoms with E-state index >= 15 is 0 Å². The number of hydrogen-bond donors (Lipinski definition) is 1. The Balaban J connectivity index is 1.85. The molecule has 98 valence electrons. The molecule has 0 bridgehead atoms. The summed E-state index contributed by atoms with van der Waals surface area (Å²) in [5.41, 5.74) is 0. The van der Waals surface area contributed by atoms with Crippen LogP contribution in [0.5, 0.6) is 0 Å². The highest BCUT2D eigenvalue weighted by molar-refractivity contribution is 4.77. The SMILES string of the molecule is FC(F)(F)COCCCNCCn1cccn1. The summed E-state index contributed by atoms with van der Waals surface area (Å²) in [5, 5.41) is 7.12. The van der Waals surface area contributed by atoms with Gasteiger partial charge >= 0.3 is 6.18 Å². The number of alkyl halides is 3. The zero-order valence-electron chi connectivity index (χ0n) is 9.41. The second-order valence-corrected chi connectivity index (χ2v) is 3.54. The topological polar surface area (TPSA) is 39.1 Å². The molecule has 0 saturated carbocycles. The van der Waals surface area contributed by atoms with Crippen LogP contribution >= 0.6 is 0 Å². The number of aromatic nitrogens is 2. The summed E-state index contributed by atoms with van der Waals surface area (Å²) >= 11 is 0. The van der Waals surface area contributed by atoms with E-state index in [0.717, 1.165) is 13.1 Å². The van der Waals surface area contributed by atoms with Crippen LogP contribution in [-0.4, -0.2) is 42.3 Å². The molecule has 0 aliphatic rings. The highest BCUT2D eigenvalue weighted by Crippen LogP contribution is 2.14. The van der Waals surface area contributed by atoms with E-state index < -0.39 is 12.8 Å². The van der Waals surface area contributed by atoms with Crippen molar-refractivity contribution in [3.8, 4) is 0 Å². The third kappa shape index (κ3) is 7.76. The lowest BCUT2D eigenvalue weighted by molar-refractivity contribution is -0.173. The minimum Gasteiger partial charge on any atom is -0.372 e. The second-order valence-electron chi connectivity index (χ2n) is 3.54. The lowest BCUT2D eigenvalue weighted by Gasteiger charge is -2.08. The Morgan fingerprint density at radius 2 is 2.12 bits per heavy atom. The molecular weight excluding hydrogens is 235 g/mol. The van der Waals surface area contributed by atoms with Gasteiger partial charge in [-0.25, -0.2) is 0 Å². The van der Waals surface area contributed by atoms with Crippen LogP contribution < -0.4 is 5.32 Å². The van der Waals surface area contributed by atoms with E-state index in [0.29, 0.717) is 13.0 Å². The van der Waals surface area contributed by atoms with Crippen molar-refractivity contribution in [2.75, 3.05) is 26.3 Å². The molecule has 0 aliphatic heterocycles. The fraction of sp³-hybridized carbons (Fsp3) is 0.700. The van der Waals surface area contributed by atoms with E-state index in [-0.39, 0.29) is 6.61 Å². The fourth-order valence-electron chi connectivity index (χ4n) is 1.24. The summed E-state index contributed by atoms with van der Waals surface area (Å²) in [5.74, 6) is 0. The Kier molecular flexibility index (Phi) is 5.99. The lowest BCUT2D eigenvalue weighted by Crippen LogP contribution is -2.23. The Hall–Kier alpha value is -1.08. The first-order valence-corrected chi connectivity index (χ1v) is 5.40. The van der Waals surface area contributed by atoms with Crippen LogP contribution in [0.15, 0.2) is 18.5 Å². The highest BCUT2D eigenvalue weighted by atomic mass is 19.4. The van der Waals surface area contributed by atoms with E-state index in [4.69, 9.17) is 0 Å². The third-order valence-corrected chi connectivity index (χ3v) is 1.98. The van der Waals surface area contributed by atoms with Crippen LogP contribution in [0.3, 0.4) is 0 Å². The molecule has 1 aromatic rings. The van der Waals surface area contributed by atoms with Gasteiger partial charge in [-0.15, -0.1) is 0 Å². The van der Waals surface area contributed by atoms with Crippen LogP contribution in [0.1, 0.15) is 6.42 Å². The van der Waals surface area contributed by atoms with Crippen molar-refractivity contribution < 1.29 is 17.9 Å². The van der Waals surface area contributed by atoms with Gasteiger partial charge in [-0.3, -0.25) is 4.68 Å². The molecule has 1 heterocycles. The summed E-state index contributed by atoms with van der Waals surface area (Å²) in [6.07, 6.45) is -0.109. The Morgan fingerprint density at radius 1 is 1.29 bits per heavy atom. The van der Waals surface area contributed by atoms with Crippen molar-refractivity contribution in [2.24, 2.45) is 0 Å². The van der Waals surface area contributed by atoms with Gasteiger partial charge in [0.1, 0.15) is 6.61 Å². The van der Waals surface area contributed by atoms with Gasteiger partial charge in [0.25, 0.3) is 0 Å². The Morgan fingerprint density at radius 3 is 2.76 bits per heavy atom. The van der Waals surface area contributed by atoms with Crippen molar-refractivity contribution in [3.63, 3.8) is 0 Å². The van der Waals surface area contributed by atoms with Crippen molar-refractivity contribution in [3.05, 3.63) is 18.5 Å². The van der Waals surface area contributed by atoms with E-state index in [1.807, 2.05) is 12.3 Å². The first-order valence-electron chi connectivity index (χ1n) is 5.40. The first kappa shape index (κ1) is 14.0. The molecule has 0 spiro atoms. The normalized spacial score (nSPS) is 11.9. The summed E-state index contributed by atoms with van der Waals surface area (Å²) in [4.78, 5) is 0. The maximum Gasteiger partial charge on any atom is 0.411 e. The third-order valence-electron chi connectivity index (χ3n) is 1.98. The molecule has 7 heteroatoms. The minimum atomic E-state index is -4.23. The molecule has 1 aromatic heterocycles. The van der Waals surface area contributed by atoms with Crippen molar-refractivity contribution in [1.82, 2.24) is 15.1 Å². The molecule has 0 saturated heterocycles. The maximum absolute atomic E-state index is 11.7. The van der Waals surface area contributed by atoms with Gasteiger partial charge in [0, 0.05) is 25.5 Å². The molecule has 0 unspecified atom stereocenters. The molecule has 0 aliphatic carbocycles. The minimum absolute atomic E-state index is 0.119. The molecule has 0 fully saturated rings. The number of ether oxygens (including phenoxy) is 1. The second kappa shape index (κ2) is 7.29. The fourth-order valence-corrected chi connectivity index (χ4v) is 1.24. The first-order chi connectivity index (χ1) is 8.08. The van der Waals surface area contributed by atoms with Gasteiger partial charge in [0.05, 0.1) is 6.54 Å². The smallest absolute Gasteiger partial charge is 0.372 e. The zero-order valence-corrected chi connectivity index (χ0v) is 9.41. The van der Waals surface area contributed by atoms with Crippen molar-refractivity contribution in [1.29, 1.82) is 0 Å². The van der Waals surface area contributed by atoms with Gasteiger partial charge in [-0.2, -0.15) is 18.3 Å². The predicted molar refractivity (Wildman–Crippen MR) is 56.6 cm³/mol. The van der Waals surface area contributed by atoms with Crippen LogP contribution in [0, 0.1) is 0 Å². The molecule has 0 amide bonds.